The molecular weight excluding hydrogens is 462 g/mol. The van der Waals surface area contributed by atoms with Crippen LogP contribution in [0.5, 0.6) is 5.75 Å². The van der Waals surface area contributed by atoms with Crippen molar-refractivity contribution in [1.82, 2.24) is 25.9 Å². The Labute approximate surface area is 223 Å². The molecule has 202 valence electrons. The van der Waals surface area contributed by atoms with Crippen molar-refractivity contribution in [3.8, 4) is 5.75 Å². The molecule has 1 aromatic heterocycles. The number of benzene rings is 2. The molecule has 0 aliphatic heterocycles. The summed E-state index contributed by atoms with van der Waals surface area (Å²) in [5.41, 5.74) is 5.19. The Morgan fingerprint density at radius 2 is 1.76 bits per heavy atom. The maximum absolute atomic E-state index is 5.75. The Morgan fingerprint density at radius 3 is 2.46 bits per heavy atom. The molecule has 3 aromatic rings. The molecule has 0 bridgehead atoms. The molecule has 0 saturated carbocycles. The molecule has 0 aliphatic carbocycles. The van der Waals surface area contributed by atoms with Crippen LogP contribution in [0, 0.1) is 13.8 Å². The summed E-state index contributed by atoms with van der Waals surface area (Å²) in [6.07, 6.45) is 3.02. The van der Waals surface area contributed by atoms with Gasteiger partial charge in [-0.05, 0) is 90.6 Å². The predicted octanol–water partition coefficient (Wildman–Crippen LogP) is 5.29. The van der Waals surface area contributed by atoms with E-state index in [0.717, 1.165) is 53.7 Å². The lowest BCUT2D eigenvalue weighted by molar-refractivity contribution is 0.341. The zero-order chi connectivity index (χ0) is 27.0. The molecule has 1 unspecified atom stereocenters. The summed E-state index contributed by atoms with van der Waals surface area (Å²) < 4.78 is 5.75. The lowest BCUT2D eigenvalue weighted by Gasteiger charge is -2.15. The number of ether oxygens (including phenoxy) is 1. The van der Waals surface area contributed by atoms with Gasteiger partial charge in [0.1, 0.15) is 11.6 Å². The first-order valence-corrected chi connectivity index (χ1v) is 13.1. The summed E-state index contributed by atoms with van der Waals surface area (Å²) in [6, 6.07) is 14.9. The van der Waals surface area contributed by atoms with E-state index in [1.165, 1.54) is 12.0 Å². The van der Waals surface area contributed by atoms with E-state index in [1.54, 1.807) is 0 Å². The minimum absolute atomic E-state index is 0.520. The zero-order valence-electron chi connectivity index (χ0n) is 23.5. The van der Waals surface area contributed by atoms with Gasteiger partial charge in [-0.15, -0.1) is 0 Å². The monoisotopic (exact) mass is 507 g/mol. The lowest BCUT2D eigenvalue weighted by Crippen LogP contribution is -2.25. The van der Waals surface area contributed by atoms with Crippen molar-refractivity contribution in [2.75, 3.05) is 44.4 Å². The van der Waals surface area contributed by atoms with Crippen LogP contribution in [0.2, 0.25) is 0 Å². The van der Waals surface area contributed by atoms with Gasteiger partial charge in [0.05, 0.1) is 12.3 Å². The Kier molecular flexibility index (Phi) is 13.4. The average Bonchev–Trinajstić information content (AvgIpc) is 2.90. The third-order valence-corrected chi connectivity index (χ3v) is 5.81. The first kappa shape index (κ1) is 30.0. The van der Waals surface area contributed by atoms with Crippen molar-refractivity contribution in [3.05, 3.63) is 65.4 Å². The molecule has 1 heterocycles. The molecule has 0 saturated heterocycles. The van der Waals surface area contributed by atoms with Gasteiger partial charge in [0, 0.05) is 30.0 Å². The highest BCUT2D eigenvalue weighted by Gasteiger charge is 2.10. The van der Waals surface area contributed by atoms with E-state index in [4.69, 9.17) is 9.72 Å². The van der Waals surface area contributed by atoms with Crippen molar-refractivity contribution in [3.63, 3.8) is 0 Å². The van der Waals surface area contributed by atoms with Gasteiger partial charge >= 0.3 is 0 Å². The molecular formula is C29H45N7O. The van der Waals surface area contributed by atoms with Crippen molar-refractivity contribution in [2.24, 2.45) is 0 Å². The molecule has 37 heavy (non-hydrogen) atoms. The average molecular weight is 508 g/mol. The topological polar surface area (TPSA) is 95.2 Å². The van der Waals surface area contributed by atoms with Crippen molar-refractivity contribution in [1.29, 1.82) is 0 Å². The van der Waals surface area contributed by atoms with Crippen LogP contribution >= 0.6 is 0 Å². The van der Waals surface area contributed by atoms with Gasteiger partial charge in [0.25, 0.3) is 0 Å². The van der Waals surface area contributed by atoms with Crippen LogP contribution in [0.1, 0.15) is 43.9 Å². The number of anilines is 4. The zero-order valence-corrected chi connectivity index (χ0v) is 23.5. The van der Waals surface area contributed by atoms with Gasteiger partial charge in [0.2, 0.25) is 5.95 Å². The third kappa shape index (κ3) is 10.4. The number of para-hydroxylation sites is 1. The second kappa shape index (κ2) is 16.5. The van der Waals surface area contributed by atoms with Gasteiger partial charge in [-0.3, -0.25) is 0 Å². The molecule has 0 spiro atoms. The number of rotatable bonds is 13. The number of hydrogen-bond acceptors (Lipinski definition) is 8. The first-order valence-electron chi connectivity index (χ1n) is 13.1. The highest BCUT2D eigenvalue weighted by molar-refractivity contribution is 5.67. The largest absolute Gasteiger partial charge is 0.492 e. The number of hydrogen-bond donors (Lipinski definition) is 5. The van der Waals surface area contributed by atoms with E-state index in [9.17, 15) is 0 Å². The van der Waals surface area contributed by atoms with Gasteiger partial charge in [0.15, 0.2) is 0 Å². The van der Waals surface area contributed by atoms with Crippen LogP contribution < -0.4 is 31.3 Å². The highest BCUT2D eigenvalue weighted by atomic mass is 16.5. The Balaban J connectivity index is 0.000000521. The fourth-order valence-electron chi connectivity index (χ4n) is 3.45. The van der Waals surface area contributed by atoms with Gasteiger partial charge < -0.3 is 31.3 Å². The molecule has 5 N–H and O–H groups in total. The normalized spacial score (nSPS) is 11.3. The predicted molar refractivity (Wildman–Crippen MR) is 157 cm³/mol. The van der Waals surface area contributed by atoms with E-state index in [2.05, 4.69) is 57.5 Å². The molecule has 0 aliphatic rings. The van der Waals surface area contributed by atoms with Crippen LogP contribution in [0.4, 0.5) is 23.1 Å². The summed E-state index contributed by atoms with van der Waals surface area (Å²) >= 11 is 0. The number of aryl methyl sites for hydroxylation is 2. The summed E-state index contributed by atoms with van der Waals surface area (Å²) in [6.45, 7) is 13.7. The maximum atomic E-state index is 5.75. The van der Waals surface area contributed by atoms with Crippen molar-refractivity contribution < 1.29 is 4.74 Å². The smallest absolute Gasteiger partial charge is 0.229 e. The number of aromatic nitrogens is 2. The van der Waals surface area contributed by atoms with E-state index < -0.39 is 0 Å². The van der Waals surface area contributed by atoms with Gasteiger partial charge in [-0.25, -0.2) is 4.98 Å². The van der Waals surface area contributed by atoms with E-state index in [-0.39, 0.29) is 0 Å². The first-order chi connectivity index (χ1) is 17.9. The van der Waals surface area contributed by atoms with E-state index in [1.807, 2.05) is 71.4 Å². The molecule has 0 amide bonds. The van der Waals surface area contributed by atoms with E-state index in [0.29, 0.717) is 18.6 Å². The Bertz CT molecular complexity index is 1070. The Morgan fingerprint density at radius 1 is 0.973 bits per heavy atom. The molecule has 0 fully saturated rings. The molecule has 1 atom stereocenters. The van der Waals surface area contributed by atoms with Crippen LogP contribution in [0.15, 0.2) is 48.7 Å². The van der Waals surface area contributed by atoms with Crippen LogP contribution in [-0.2, 0) is 6.54 Å². The lowest BCUT2D eigenvalue weighted by atomic mass is 10.1. The quantitative estimate of drug-likeness (QED) is 0.213. The molecule has 8 heteroatoms. The second-order valence-corrected chi connectivity index (χ2v) is 8.93. The fraction of sp³-hybridized carbons (Fsp3) is 0.448. The minimum atomic E-state index is 0.520. The van der Waals surface area contributed by atoms with E-state index >= 15 is 0 Å². The molecule has 3 rings (SSSR count). The maximum Gasteiger partial charge on any atom is 0.229 e. The SMILES string of the molecule is CCNCc1ccccc1Nc1nc(Nc2ccc(C)cc2OCC)ncc1C.CNCCC(C)NC. The highest BCUT2D eigenvalue weighted by Crippen LogP contribution is 2.29. The van der Waals surface area contributed by atoms with Crippen LogP contribution in [-0.4, -0.2) is 49.8 Å². The third-order valence-electron chi connectivity index (χ3n) is 5.81. The molecule has 8 nitrogen and oxygen atoms in total. The molecule has 0 radical (unpaired) electrons. The van der Waals surface area contributed by atoms with Gasteiger partial charge in [-0.2, -0.15) is 4.98 Å². The van der Waals surface area contributed by atoms with Crippen molar-refractivity contribution in [2.45, 2.75) is 53.6 Å². The number of nitrogens with zero attached hydrogens (tertiary/aromatic N) is 2. The summed E-state index contributed by atoms with van der Waals surface area (Å²) in [7, 11) is 3.96. The van der Waals surface area contributed by atoms with Gasteiger partial charge in [-0.1, -0.05) is 31.2 Å². The summed E-state index contributed by atoms with van der Waals surface area (Å²) in [5, 5.41) is 16.4. The minimum Gasteiger partial charge on any atom is -0.492 e. The standard InChI is InChI=1S/C23H29N5O.C6H16N2/c1-5-24-15-18-9-7-8-10-19(18)26-22-17(4)14-25-23(28-22)27-20-12-11-16(3)13-21(20)29-6-2;1-6(8-3)4-5-7-2/h7-14,24H,5-6,15H2,1-4H3,(H2,25,26,27,28);6-8H,4-5H2,1-3H3. The van der Waals surface area contributed by atoms with Crippen LogP contribution in [0.3, 0.4) is 0 Å². The second-order valence-electron chi connectivity index (χ2n) is 8.93. The Hall–Kier alpha value is -3.20. The summed E-state index contributed by atoms with van der Waals surface area (Å²) in [5.74, 6) is 2.09. The fourth-order valence-corrected chi connectivity index (χ4v) is 3.45. The summed E-state index contributed by atoms with van der Waals surface area (Å²) in [4.78, 5) is 9.14. The number of nitrogens with one attached hydrogen (secondary N) is 5. The molecule has 2 aromatic carbocycles. The van der Waals surface area contributed by atoms with Crippen LogP contribution in [0.25, 0.3) is 0 Å². The van der Waals surface area contributed by atoms with Crippen molar-refractivity contribution >= 4 is 23.1 Å².